The van der Waals surface area contributed by atoms with Gasteiger partial charge in [0, 0.05) is 19.6 Å². The molecule has 3 rings (SSSR count). The largest absolute Gasteiger partial charge is 0.454 e. The van der Waals surface area contributed by atoms with E-state index in [1.165, 1.54) is 4.90 Å². The number of carbonyl (C=O) groups excluding carboxylic acids is 1. The minimum atomic E-state index is -4.18. The summed E-state index contributed by atoms with van der Waals surface area (Å²) in [6.45, 7) is 0.751. The summed E-state index contributed by atoms with van der Waals surface area (Å²) < 4.78 is 47.6. The average Bonchev–Trinajstić information content (AvgIpc) is 3.17. The molecule has 1 saturated heterocycles. The normalized spacial score (nSPS) is 19.9. The number of likely N-dealkylation sites (tertiary alicyclic amines) is 1. The lowest BCUT2D eigenvalue weighted by atomic mass is 10.1. The lowest BCUT2D eigenvalue weighted by Crippen LogP contribution is -2.39. The Morgan fingerprint density at radius 2 is 2.04 bits per heavy atom. The minimum Gasteiger partial charge on any atom is -0.454 e. The zero-order valence-electron chi connectivity index (χ0n) is 13.6. The molecule has 2 amide bonds. The highest BCUT2D eigenvalue weighted by Crippen LogP contribution is 2.32. The molecule has 25 heavy (non-hydrogen) atoms. The number of benzene rings is 1. The van der Waals surface area contributed by atoms with E-state index in [1.807, 2.05) is 6.07 Å². The molecule has 1 atom stereocenters. The molecule has 0 saturated carbocycles. The molecule has 1 aromatic rings. The predicted molar refractivity (Wildman–Crippen MR) is 83.4 cm³/mol. The molecule has 9 heteroatoms. The number of ether oxygens (including phenoxy) is 2. The van der Waals surface area contributed by atoms with Crippen LogP contribution >= 0.6 is 0 Å². The molecule has 6 nitrogen and oxygen atoms in total. The highest BCUT2D eigenvalue weighted by molar-refractivity contribution is 5.73. The van der Waals surface area contributed by atoms with Gasteiger partial charge in [0.2, 0.25) is 6.79 Å². The maximum Gasteiger partial charge on any atom is 0.401 e. The van der Waals surface area contributed by atoms with E-state index < -0.39 is 12.7 Å². The predicted octanol–water partition coefficient (Wildman–Crippen LogP) is 2.10. The van der Waals surface area contributed by atoms with Crippen LogP contribution in [0.4, 0.5) is 18.0 Å². The number of halogens is 3. The van der Waals surface area contributed by atoms with Gasteiger partial charge in [0.1, 0.15) is 0 Å². The number of hydrogen-bond acceptors (Lipinski definition) is 4. The molecule has 0 radical (unpaired) electrons. The second-order valence-corrected chi connectivity index (χ2v) is 6.26. The van der Waals surface area contributed by atoms with Crippen LogP contribution in [-0.4, -0.2) is 50.1 Å². The minimum absolute atomic E-state index is 0.0404. The monoisotopic (exact) mass is 359 g/mol. The fourth-order valence-electron chi connectivity index (χ4n) is 3.01. The topological polar surface area (TPSA) is 62.8 Å². The van der Waals surface area contributed by atoms with Crippen molar-refractivity contribution in [2.24, 2.45) is 5.92 Å². The molecule has 1 unspecified atom stereocenters. The Labute approximate surface area is 143 Å². The number of fused-ring (bicyclic) bond motifs is 1. The number of rotatable bonds is 5. The van der Waals surface area contributed by atoms with Gasteiger partial charge in [0.05, 0.1) is 6.54 Å². The second-order valence-electron chi connectivity index (χ2n) is 6.26. The van der Waals surface area contributed by atoms with Gasteiger partial charge < -0.3 is 20.1 Å². The molecular formula is C16H20F3N3O3. The number of urea groups is 1. The van der Waals surface area contributed by atoms with Gasteiger partial charge in [0.15, 0.2) is 11.5 Å². The zero-order valence-corrected chi connectivity index (χ0v) is 13.6. The van der Waals surface area contributed by atoms with Gasteiger partial charge in [-0.2, -0.15) is 13.2 Å². The Kier molecular flexibility index (Phi) is 5.22. The Bertz CT molecular complexity index is 624. The lowest BCUT2D eigenvalue weighted by Gasteiger charge is -2.18. The molecule has 1 aromatic carbocycles. The zero-order chi connectivity index (χ0) is 17.9. The van der Waals surface area contributed by atoms with Crippen LogP contribution in [0.15, 0.2) is 18.2 Å². The third kappa shape index (κ3) is 5.15. The van der Waals surface area contributed by atoms with E-state index in [0.29, 0.717) is 44.1 Å². The molecule has 0 bridgehead atoms. The molecule has 2 aliphatic heterocycles. The summed E-state index contributed by atoms with van der Waals surface area (Å²) in [5.41, 5.74) is 0.872. The van der Waals surface area contributed by atoms with Gasteiger partial charge >= 0.3 is 12.2 Å². The van der Waals surface area contributed by atoms with Crippen molar-refractivity contribution in [3.8, 4) is 11.5 Å². The van der Waals surface area contributed by atoms with Crippen LogP contribution in [0.1, 0.15) is 12.0 Å². The first-order chi connectivity index (χ1) is 11.9. The number of nitrogens with one attached hydrogen (secondary N) is 2. The summed E-state index contributed by atoms with van der Waals surface area (Å²) >= 11 is 0. The van der Waals surface area contributed by atoms with Crippen LogP contribution in [0.25, 0.3) is 0 Å². The Balaban J connectivity index is 1.36. The fourth-order valence-corrected chi connectivity index (χ4v) is 3.01. The van der Waals surface area contributed by atoms with E-state index in [9.17, 15) is 18.0 Å². The Morgan fingerprint density at radius 1 is 1.24 bits per heavy atom. The summed E-state index contributed by atoms with van der Waals surface area (Å²) in [4.78, 5) is 13.2. The summed E-state index contributed by atoms with van der Waals surface area (Å²) in [5.74, 6) is 1.37. The first-order valence-electron chi connectivity index (χ1n) is 8.08. The number of hydrogen-bond donors (Lipinski definition) is 2. The second kappa shape index (κ2) is 7.38. The third-order valence-electron chi connectivity index (χ3n) is 4.21. The van der Waals surface area contributed by atoms with Crippen LogP contribution in [0.2, 0.25) is 0 Å². The van der Waals surface area contributed by atoms with E-state index >= 15 is 0 Å². The first kappa shape index (κ1) is 17.7. The number of alkyl halides is 3. The molecule has 2 heterocycles. The van der Waals surface area contributed by atoms with Gasteiger partial charge in [-0.3, -0.25) is 4.90 Å². The molecule has 138 valence electrons. The van der Waals surface area contributed by atoms with Gasteiger partial charge in [-0.15, -0.1) is 0 Å². The van der Waals surface area contributed by atoms with Crippen molar-refractivity contribution in [2.75, 3.05) is 33.0 Å². The maximum absolute atomic E-state index is 12.4. The Morgan fingerprint density at radius 3 is 2.84 bits per heavy atom. The van der Waals surface area contributed by atoms with Gasteiger partial charge in [-0.05, 0) is 36.6 Å². The molecule has 2 N–H and O–H groups in total. The molecular weight excluding hydrogens is 339 g/mol. The van der Waals surface area contributed by atoms with E-state index in [4.69, 9.17) is 9.47 Å². The number of nitrogens with zero attached hydrogens (tertiary/aromatic N) is 1. The van der Waals surface area contributed by atoms with Crippen LogP contribution in [0.5, 0.6) is 11.5 Å². The summed E-state index contributed by atoms with van der Waals surface area (Å²) in [6.07, 6.45) is -3.52. The number of amides is 2. The van der Waals surface area contributed by atoms with Crippen molar-refractivity contribution < 1.29 is 27.4 Å². The van der Waals surface area contributed by atoms with E-state index in [0.717, 1.165) is 5.56 Å². The highest BCUT2D eigenvalue weighted by atomic mass is 19.4. The van der Waals surface area contributed by atoms with E-state index in [1.54, 1.807) is 12.1 Å². The Hall–Kier alpha value is -2.16. The van der Waals surface area contributed by atoms with Crippen molar-refractivity contribution in [3.05, 3.63) is 23.8 Å². The SMILES string of the molecule is O=C(NCc1ccc2c(c1)OCO2)NCC1CCN(CC(F)(F)F)C1. The summed E-state index contributed by atoms with van der Waals surface area (Å²) in [7, 11) is 0. The maximum atomic E-state index is 12.4. The molecule has 0 aromatic heterocycles. The summed E-state index contributed by atoms with van der Waals surface area (Å²) in [5, 5.41) is 5.44. The molecule has 0 spiro atoms. The quantitative estimate of drug-likeness (QED) is 0.845. The van der Waals surface area contributed by atoms with Gasteiger partial charge in [-0.25, -0.2) is 4.79 Å². The fraction of sp³-hybridized carbons (Fsp3) is 0.562. The molecule has 1 fully saturated rings. The third-order valence-corrected chi connectivity index (χ3v) is 4.21. The van der Waals surface area contributed by atoms with Crippen molar-refractivity contribution in [1.82, 2.24) is 15.5 Å². The standard InChI is InChI=1S/C16H20F3N3O3/c17-16(18,19)9-22-4-3-12(8-22)7-21-15(23)20-6-11-1-2-13-14(5-11)25-10-24-13/h1-2,5,12H,3-4,6-10H2,(H2,20,21,23). The van der Waals surface area contributed by atoms with Gasteiger partial charge in [-0.1, -0.05) is 6.07 Å². The van der Waals surface area contributed by atoms with Crippen LogP contribution in [0, 0.1) is 5.92 Å². The van der Waals surface area contributed by atoms with Crippen molar-refractivity contribution in [2.45, 2.75) is 19.1 Å². The molecule has 0 aliphatic carbocycles. The lowest BCUT2D eigenvalue weighted by molar-refractivity contribution is -0.143. The van der Waals surface area contributed by atoms with Crippen LogP contribution in [-0.2, 0) is 6.54 Å². The summed E-state index contributed by atoms with van der Waals surface area (Å²) in [6, 6.07) is 5.08. The highest BCUT2D eigenvalue weighted by Gasteiger charge is 2.34. The first-order valence-corrected chi connectivity index (χ1v) is 8.08. The number of carbonyl (C=O) groups is 1. The molecule has 2 aliphatic rings. The van der Waals surface area contributed by atoms with E-state index in [-0.39, 0.29) is 18.7 Å². The van der Waals surface area contributed by atoms with Crippen LogP contribution < -0.4 is 20.1 Å². The van der Waals surface area contributed by atoms with Crippen LogP contribution in [0.3, 0.4) is 0 Å². The van der Waals surface area contributed by atoms with Gasteiger partial charge in [0.25, 0.3) is 0 Å². The van der Waals surface area contributed by atoms with E-state index in [2.05, 4.69) is 10.6 Å². The van der Waals surface area contributed by atoms with Crippen molar-refractivity contribution in [3.63, 3.8) is 0 Å². The van der Waals surface area contributed by atoms with Crippen molar-refractivity contribution >= 4 is 6.03 Å². The average molecular weight is 359 g/mol. The smallest absolute Gasteiger partial charge is 0.401 e. The van der Waals surface area contributed by atoms with Crippen molar-refractivity contribution in [1.29, 1.82) is 0 Å².